The maximum atomic E-state index is 14.0. The zero-order chi connectivity index (χ0) is 20.4. The molecule has 6 nitrogen and oxygen atoms in total. The van der Waals surface area contributed by atoms with Gasteiger partial charge in [-0.1, -0.05) is 18.2 Å². The molecule has 29 heavy (non-hydrogen) atoms. The number of hydrogen-bond acceptors (Lipinski definition) is 4. The zero-order valence-electron chi connectivity index (χ0n) is 16.1. The average Bonchev–Trinajstić information content (AvgIpc) is 3.27. The lowest BCUT2D eigenvalue weighted by Crippen LogP contribution is -2.30. The van der Waals surface area contributed by atoms with E-state index in [9.17, 15) is 9.18 Å². The summed E-state index contributed by atoms with van der Waals surface area (Å²) < 4.78 is 15.7. The number of amides is 2. The highest BCUT2D eigenvalue weighted by Gasteiger charge is 2.14. The van der Waals surface area contributed by atoms with E-state index in [1.807, 2.05) is 37.4 Å². The summed E-state index contributed by atoms with van der Waals surface area (Å²) in [6.45, 7) is 4.48. The third-order valence-electron chi connectivity index (χ3n) is 4.70. The average molecular weight is 409 g/mol. The van der Waals surface area contributed by atoms with Crippen molar-refractivity contribution < 1.29 is 9.18 Å². The summed E-state index contributed by atoms with van der Waals surface area (Å²) in [4.78, 5) is 17.2. The van der Waals surface area contributed by atoms with Gasteiger partial charge in [0, 0.05) is 24.0 Å². The Hall–Kier alpha value is -3.26. The highest BCUT2D eigenvalue weighted by Crippen LogP contribution is 2.23. The number of carbonyl (C=O) groups is 1. The highest BCUT2D eigenvalue weighted by molar-refractivity contribution is 7.15. The molecular weight excluding hydrogens is 389 g/mol. The van der Waals surface area contributed by atoms with Crippen LogP contribution in [-0.2, 0) is 6.42 Å². The minimum Gasteiger partial charge on any atom is -0.337 e. The molecule has 2 N–H and O–H groups in total. The third kappa shape index (κ3) is 4.12. The topological polar surface area (TPSA) is 71.3 Å². The summed E-state index contributed by atoms with van der Waals surface area (Å²) in [7, 11) is 0. The quantitative estimate of drug-likeness (QED) is 0.507. The Morgan fingerprint density at radius 2 is 2.00 bits per heavy atom. The van der Waals surface area contributed by atoms with Crippen LogP contribution in [-0.4, -0.2) is 27.2 Å². The predicted octanol–water partition coefficient (Wildman–Crippen LogP) is 4.58. The second-order valence-corrected chi connectivity index (χ2v) is 7.60. The van der Waals surface area contributed by atoms with Gasteiger partial charge in [0.15, 0.2) is 5.82 Å². The van der Waals surface area contributed by atoms with Gasteiger partial charge in [0.25, 0.3) is 0 Å². The third-order valence-corrected chi connectivity index (χ3v) is 5.56. The number of thiazole rings is 1. The number of urea groups is 1. The molecule has 0 unspecified atom stereocenters. The van der Waals surface area contributed by atoms with Gasteiger partial charge in [-0.2, -0.15) is 4.98 Å². The number of nitrogens with zero attached hydrogens (tertiary/aromatic N) is 3. The first-order chi connectivity index (χ1) is 14.0. The standard InChI is InChI=1S/C21H20FN5OS/c1-13-7-8-15(11-14(13)2)24-20(28)23-10-9-16-12-29-21-25-19(26-27(16)21)17-5-3-4-6-18(17)22/h3-8,11-12H,9-10H2,1-2H3,(H2,23,24,28). The molecule has 2 amide bonds. The van der Waals surface area contributed by atoms with E-state index >= 15 is 0 Å². The number of benzene rings is 2. The first kappa shape index (κ1) is 19.1. The Morgan fingerprint density at radius 1 is 1.17 bits per heavy atom. The van der Waals surface area contributed by atoms with Crippen LogP contribution in [0.3, 0.4) is 0 Å². The second-order valence-electron chi connectivity index (χ2n) is 6.77. The summed E-state index contributed by atoms with van der Waals surface area (Å²) >= 11 is 1.44. The number of anilines is 1. The van der Waals surface area contributed by atoms with Crippen molar-refractivity contribution in [1.82, 2.24) is 19.9 Å². The van der Waals surface area contributed by atoms with Gasteiger partial charge in [-0.15, -0.1) is 16.4 Å². The van der Waals surface area contributed by atoms with Gasteiger partial charge in [-0.25, -0.2) is 13.7 Å². The number of rotatable bonds is 5. The van der Waals surface area contributed by atoms with Crippen LogP contribution in [0.2, 0.25) is 0 Å². The second kappa shape index (κ2) is 8.00. The molecule has 0 bridgehead atoms. The molecule has 0 saturated heterocycles. The SMILES string of the molecule is Cc1ccc(NC(=O)NCCc2csc3nc(-c4ccccc4F)nn23)cc1C. The fourth-order valence-electron chi connectivity index (χ4n) is 2.95. The van der Waals surface area contributed by atoms with Gasteiger partial charge in [0.2, 0.25) is 4.96 Å². The minimum absolute atomic E-state index is 0.259. The predicted molar refractivity (Wildman–Crippen MR) is 113 cm³/mol. The van der Waals surface area contributed by atoms with Crippen LogP contribution < -0.4 is 10.6 Å². The molecule has 148 valence electrons. The number of nitrogens with one attached hydrogen (secondary N) is 2. The van der Waals surface area contributed by atoms with Crippen molar-refractivity contribution in [3.63, 3.8) is 0 Å². The van der Waals surface area contributed by atoms with Crippen LogP contribution in [0.25, 0.3) is 16.3 Å². The van der Waals surface area contributed by atoms with Crippen molar-refractivity contribution in [2.75, 3.05) is 11.9 Å². The van der Waals surface area contributed by atoms with E-state index in [-0.39, 0.29) is 11.8 Å². The smallest absolute Gasteiger partial charge is 0.319 e. The van der Waals surface area contributed by atoms with Crippen molar-refractivity contribution in [2.45, 2.75) is 20.3 Å². The molecule has 0 atom stereocenters. The Labute approximate surface area is 171 Å². The Morgan fingerprint density at radius 3 is 2.79 bits per heavy atom. The fraction of sp³-hybridized carbons (Fsp3) is 0.190. The highest BCUT2D eigenvalue weighted by atomic mass is 32.1. The Balaban J connectivity index is 1.39. The Kier molecular flexibility index (Phi) is 5.26. The summed E-state index contributed by atoms with van der Waals surface area (Å²) in [5.74, 6) is 0.00799. The maximum absolute atomic E-state index is 14.0. The van der Waals surface area contributed by atoms with Crippen LogP contribution in [0.4, 0.5) is 14.9 Å². The molecule has 2 heterocycles. The maximum Gasteiger partial charge on any atom is 0.319 e. The summed E-state index contributed by atoms with van der Waals surface area (Å²) in [6, 6.07) is 12.0. The number of aromatic nitrogens is 3. The van der Waals surface area contributed by atoms with E-state index in [2.05, 4.69) is 20.7 Å². The van der Waals surface area contributed by atoms with Crippen molar-refractivity contribution in [1.29, 1.82) is 0 Å². The van der Waals surface area contributed by atoms with Gasteiger partial charge in [0.1, 0.15) is 5.82 Å². The number of fused-ring (bicyclic) bond motifs is 1. The molecule has 0 fully saturated rings. The summed E-state index contributed by atoms with van der Waals surface area (Å²) in [5.41, 5.74) is 4.35. The van der Waals surface area contributed by atoms with Crippen LogP contribution in [0, 0.1) is 19.7 Å². The lowest BCUT2D eigenvalue weighted by Gasteiger charge is -2.09. The van der Waals surface area contributed by atoms with Crippen molar-refractivity contribution in [3.8, 4) is 11.4 Å². The number of carbonyl (C=O) groups excluding carboxylic acids is 1. The van der Waals surface area contributed by atoms with Gasteiger partial charge >= 0.3 is 6.03 Å². The first-order valence-corrected chi connectivity index (χ1v) is 10.1. The monoisotopic (exact) mass is 409 g/mol. The van der Waals surface area contributed by atoms with Crippen molar-refractivity contribution >= 4 is 28.0 Å². The largest absolute Gasteiger partial charge is 0.337 e. The molecule has 0 aliphatic carbocycles. The molecule has 8 heteroatoms. The molecular formula is C21H20FN5OS. The molecule has 0 radical (unpaired) electrons. The Bertz CT molecular complexity index is 1180. The van der Waals surface area contributed by atoms with Crippen LogP contribution >= 0.6 is 11.3 Å². The summed E-state index contributed by atoms with van der Waals surface area (Å²) in [5, 5.41) is 12.1. The molecule has 2 aromatic heterocycles. The molecule has 0 saturated carbocycles. The number of halogens is 1. The van der Waals surface area contributed by atoms with Crippen LogP contribution in [0.5, 0.6) is 0 Å². The van der Waals surface area contributed by atoms with Gasteiger partial charge in [-0.3, -0.25) is 0 Å². The van der Waals surface area contributed by atoms with E-state index < -0.39 is 0 Å². The molecule has 4 rings (SSSR count). The van der Waals surface area contributed by atoms with E-state index in [1.54, 1.807) is 22.7 Å². The number of aryl methyl sites for hydroxylation is 2. The summed E-state index contributed by atoms with van der Waals surface area (Å²) in [6.07, 6.45) is 0.584. The lowest BCUT2D eigenvalue weighted by atomic mass is 10.1. The molecule has 0 aliphatic heterocycles. The van der Waals surface area contributed by atoms with Gasteiger partial charge in [0.05, 0.1) is 11.3 Å². The normalized spacial score (nSPS) is 11.0. The molecule has 2 aromatic carbocycles. The molecule has 0 aliphatic rings. The van der Waals surface area contributed by atoms with E-state index in [1.165, 1.54) is 23.0 Å². The minimum atomic E-state index is -0.350. The van der Waals surface area contributed by atoms with Crippen molar-refractivity contribution in [2.24, 2.45) is 0 Å². The fourth-order valence-corrected chi connectivity index (χ4v) is 3.81. The van der Waals surface area contributed by atoms with Gasteiger partial charge in [-0.05, 0) is 49.2 Å². The molecule has 4 aromatic rings. The van der Waals surface area contributed by atoms with Crippen LogP contribution in [0.1, 0.15) is 16.8 Å². The van der Waals surface area contributed by atoms with Crippen molar-refractivity contribution in [3.05, 3.63) is 70.5 Å². The lowest BCUT2D eigenvalue weighted by molar-refractivity contribution is 0.252. The zero-order valence-corrected chi connectivity index (χ0v) is 16.9. The van der Waals surface area contributed by atoms with E-state index in [4.69, 9.17) is 0 Å². The van der Waals surface area contributed by atoms with Gasteiger partial charge < -0.3 is 10.6 Å². The number of hydrogen-bond donors (Lipinski definition) is 2. The van der Waals surface area contributed by atoms with E-state index in [0.717, 1.165) is 16.9 Å². The first-order valence-electron chi connectivity index (χ1n) is 9.21. The molecule has 0 spiro atoms. The van der Waals surface area contributed by atoms with Crippen LogP contribution in [0.15, 0.2) is 47.8 Å². The van der Waals surface area contributed by atoms with E-state index in [0.29, 0.717) is 29.3 Å².